The zero-order valence-corrected chi connectivity index (χ0v) is 9.46. The van der Waals surface area contributed by atoms with Crippen molar-refractivity contribution in [1.29, 1.82) is 0 Å². The van der Waals surface area contributed by atoms with Crippen LogP contribution in [0.2, 0.25) is 0 Å². The van der Waals surface area contributed by atoms with Crippen molar-refractivity contribution in [3.63, 3.8) is 0 Å². The molecule has 0 aliphatic heterocycles. The van der Waals surface area contributed by atoms with Crippen LogP contribution in [0.3, 0.4) is 0 Å². The minimum Gasteiger partial charge on any atom is -0.481 e. The summed E-state index contributed by atoms with van der Waals surface area (Å²) < 4.78 is 12.6. The average Bonchev–Trinajstić information content (AvgIpc) is 2.20. The van der Waals surface area contributed by atoms with Crippen molar-refractivity contribution in [3.8, 4) is 0 Å². The first-order valence-electron chi connectivity index (χ1n) is 5.10. The first-order valence-corrected chi connectivity index (χ1v) is 5.10. The van der Waals surface area contributed by atoms with Crippen molar-refractivity contribution in [2.75, 3.05) is 6.54 Å². The van der Waals surface area contributed by atoms with Gasteiger partial charge in [-0.2, -0.15) is 0 Å². The number of carboxylic acids is 1. The fourth-order valence-corrected chi connectivity index (χ4v) is 1.20. The van der Waals surface area contributed by atoms with Crippen LogP contribution in [0, 0.1) is 11.2 Å². The molecule has 0 spiro atoms. The van der Waals surface area contributed by atoms with Crippen LogP contribution in [-0.2, 0) is 11.3 Å². The van der Waals surface area contributed by atoms with Crippen LogP contribution in [0.25, 0.3) is 0 Å². The van der Waals surface area contributed by atoms with E-state index in [4.69, 9.17) is 5.11 Å². The van der Waals surface area contributed by atoms with Crippen LogP contribution >= 0.6 is 0 Å². The summed E-state index contributed by atoms with van der Waals surface area (Å²) in [6.45, 7) is 4.23. The number of carbonyl (C=O) groups is 1. The predicted octanol–water partition coefficient (Wildman–Crippen LogP) is 2.03. The Morgan fingerprint density at radius 1 is 1.38 bits per heavy atom. The minimum absolute atomic E-state index is 0.269. The van der Waals surface area contributed by atoms with Gasteiger partial charge in [0.05, 0.1) is 5.41 Å². The van der Waals surface area contributed by atoms with E-state index in [1.54, 1.807) is 26.0 Å². The van der Waals surface area contributed by atoms with Crippen LogP contribution in [0.15, 0.2) is 24.3 Å². The molecule has 88 valence electrons. The van der Waals surface area contributed by atoms with Crippen molar-refractivity contribution >= 4 is 5.97 Å². The van der Waals surface area contributed by atoms with E-state index in [-0.39, 0.29) is 5.82 Å². The van der Waals surface area contributed by atoms with Gasteiger partial charge >= 0.3 is 5.97 Å². The van der Waals surface area contributed by atoms with Gasteiger partial charge in [0.15, 0.2) is 0 Å². The number of halogens is 1. The van der Waals surface area contributed by atoms with E-state index >= 15 is 0 Å². The topological polar surface area (TPSA) is 49.3 Å². The van der Waals surface area contributed by atoms with E-state index < -0.39 is 11.4 Å². The summed E-state index contributed by atoms with van der Waals surface area (Å²) in [5.74, 6) is -1.10. The monoisotopic (exact) mass is 225 g/mol. The highest BCUT2D eigenvalue weighted by atomic mass is 19.1. The van der Waals surface area contributed by atoms with Gasteiger partial charge in [-0.05, 0) is 31.5 Å². The molecule has 0 radical (unpaired) electrons. The van der Waals surface area contributed by atoms with Crippen molar-refractivity contribution in [2.45, 2.75) is 20.4 Å². The molecular weight excluding hydrogens is 209 g/mol. The first kappa shape index (κ1) is 12.6. The summed E-state index contributed by atoms with van der Waals surface area (Å²) in [7, 11) is 0. The highest BCUT2D eigenvalue weighted by Gasteiger charge is 2.26. The SMILES string of the molecule is CC(C)(CNCc1ccc(F)cc1)C(=O)O. The molecule has 2 N–H and O–H groups in total. The Kier molecular flexibility index (Phi) is 4.01. The van der Waals surface area contributed by atoms with E-state index in [1.165, 1.54) is 12.1 Å². The Morgan fingerprint density at radius 2 is 1.94 bits per heavy atom. The molecule has 0 fully saturated rings. The molecule has 0 saturated heterocycles. The van der Waals surface area contributed by atoms with Crippen LogP contribution in [-0.4, -0.2) is 17.6 Å². The Bertz CT molecular complexity index is 360. The maximum Gasteiger partial charge on any atom is 0.310 e. The molecule has 0 atom stereocenters. The van der Waals surface area contributed by atoms with Crippen molar-refractivity contribution in [3.05, 3.63) is 35.6 Å². The van der Waals surface area contributed by atoms with Gasteiger partial charge < -0.3 is 10.4 Å². The van der Waals surface area contributed by atoms with Crippen LogP contribution in [0.4, 0.5) is 4.39 Å². The Labute approximate surface area is 94.3 Å². The summed E-state index contributed by atoms with van der Waals surface area (Å²) >= 11 is 0. The van der Waals surface area contributed by atoms with Crippen molar-refractivity contribution in [2.24, 2.45) is 5.41 Å². The molecule has 0 amide bonds. The maximum absolute atomic E-state index is 12.6. The predicted molar refractivity (Wildman–Crippen MR) is 59.5 cm³/mol. The molecule has 1 rings (SSSR count). The molecule has 0 bridgehead atoms. The Morgan fingerprint density at radius 3 is 2.44 bits per heavy atom. The molecule has 0 aliphatic rings. The van der Waals surface area contributed by atoms with Crippen LogP contribution < -0.4 is 5.32 Å². The standard InChI is InChI=1S/C12H16FNO2/c1-12(2,11(15)16)8-14-7-9-3-5-10(13)6-4-9/h3-6,14H,7-8H2,1-2H3,(H,15,16). The summed E-state index contributed by atoms with van der Waals surface area (Å²) in [4.78, 5) is 10.8. The van der Waals surface area contributed by atoms with Gasteiger partial charge in [-0.1, -0.05) is 12.1 Å². The molecule has 0 aliphatic carbocycles. The second-order valence-corrected chi connectivity index (χ2v) is 4.42. The Hall–Kier alpha value is -1.42. The van der Waals surface area contributed by atoms with Crippen LogP contribution in [0.1, 0.15) is 19.4 Å². The number of aliphatic carboxylic acids is 1. The maximum atomic E-state index is 12.6. The van der Waals surface area contributed by atoms with Gasteiger partial charge in [-0.3, -0.25) is 4.79 Å². The number of hydrogen-bond donors (Lipinski definition) is 2. The number of nitrogens with one attached hydrogen (secondary N) is 1. The summed E-state index contributed by atoms with van der Waals surface area (Å²) in [6, 6.07) is 6.13. The van der Waals surface area contributed by atoms with Crippen LogP contribution in [0.5, 0.6) is 0 Å². The number of carboxylic acid groups (broad SMARTS) is 1. The number of hydrogen-bond acceptors (Lipinski definition) is 2. The number of benzene rings is 1. The quantitative estimate of drug-likeness (QED) is 0.806. The van der Waals surface area contributed by atoms with Crippen molar-refractivity contribution < 1.29 is 14.3 Å². The fourth-order valence-electron chi connectivity index (χ4n) is 1.20. The molecular formula is C12H16FNO2. The third-order valence-corrected chi connectivity index (χ3v) is 2.39. The lowest BCUT2D eigenvalue weighted by Gasteiger charge is -2.19. The zero-order chi connectivity index (χ0) is 12.2. The van der Waals surface area contributed by atoms with E-state index in [2.05, 4.69) is 5.32 Å². The van der Waals surface area contributed by atoms with Gasteiger partial charge in [0.1, 0.15) is 5.82 Å². The zero-order valence-electron chi connectivity index (χ0n) is 9.46. The number of rotatable bonds is 5. The molecule has 1 aromatic rings. The van der Waals surface area contributed by atoms with Gasteiger partial charge in [0.25, 0.3) is 0 Å². The Balaban J connectivity index is 2.41. The van der Waals surface area contributed by atoms with E-state index in [0.717, 1.165) is 5.56 Å². The average molecular weight is 225 g/mol. The molecule has 1 aromatic carbocycles. The van der Waals surface area contributed by atoms with Gasteiger partial charge in [-0.15, -0.1) is 0 Å². The molecule has 3 nitrogen and oxygen atoms in total. The van der Waals surface area contributed by atoms with Gasteiger partial charge in [-0.25, -0.2) is 4.39 Å². The molecule has 16 heavy (non-hydrogen) atoms. The fraction of sp³-hybridized carbons (Fsp3) is 0.417. The summed E-state index contributed by atoms with van der Waals surface area (Å²) in [5.41, 5.74) is 0.141. The first-order chi connectivity index (χ1) is 7.42. The largest absolute Gasteiger partial charge is 0.481 e. The lowest BCUT2D eigenvalue weighted by atomic mass is 9.94. The van der Waals surface area contributed by atoms with Crippen molar-refractivity contribution in [1.82, 2.24) is 5.32 Å². The smallest absolute Gasteiger partial charge is 0.310 e. The molecule has 4 heteroatoms. The summed E-state index contributed by atoms with van der Waals surface area (Å²) in [6.07, 6.45) is 0. The third-order valence-electron chi connectivity index (χ3n) is 2.39. The van der Waals surface area contributed by atoms with E-state index in [9.17, 15) is 9.18 Å². The lowest BCUT2D eigenvalue weighted by Crippen LogP contribution is -2.35. The normalized spacial score (nSPS) is 11.4. The lowest BCUT2D eigenvalue weighted by molar-refractivity contribution is -0.146. The van der Waals surface area contributed by atoms with E-state index in [0.29, 0.717) is 13.1 Å². The third kappa shape index (κ3) is 3.62. The summed E-state index contributed by atoms with van der Waals surface area (Å²) in [5, 5.41) is 11.9. The van der Waals surface area contributed by atoms with E-state index in [1.807, 2.05) is 0 Å². The molecule has 0 saturated carbocycles. The minimum atomic E-state index is -0.834. The second-order valence-electron chi connectivity index (χ2n) is 4.42. The molecule has 0 unspecified atom stereocenters. The molecule has 0 heterocycles. The molecule has 0 aromatic heterocycles. The second kappa shape index (κ2) is 5.07. The highest BCUT2D eigenvalue weighted by Crippen LogP contribution is 2.13. The van der Waals surface area contributed by atoms with Gasteiger partial charge in [0.2, 0.25) is 0 Å². The highest BCUT2D eigenvalue weighted by molar-refractivity contribution is 5.73. The van der Waals surface area contributed by atoms with Gasteiger partial charge in [0, 0.05) is 13.1 Å².